The first kappa shape index (κ1) is 13.4. The van der Waals surface area contributed by atoms with Crippen molar-refractivity contribution in [3.05, 3.63) is 35.4 Å². The Kier molecular flexibility index (Phi) is 4.31. The van der Waals surface area contributed by atoms with Gasteiger partial charge in [-0.3, -0.25) is 0 Å². The highest BCUT2D eigenvalue weighted by molar-refractivity contribution is 6.21. The Balaban J connectivity index is 2.69. The molecule has 1 rings (SSSR count). The molecule has 0 aliphatic rings. The van der Waals surface area contributed by atoms with Crippen molar-refractivity contribution < 1.29 is 8.78 Å². The first-order valence-corrected chi connectivity index (χ1v) is 5.83. The first-order valence-electron chi connectivity index (χ1n) is 5.39. The molecular formula is C13H17ClF2. The van der Waals surface area contributed by atoms with Crippen molar-refractivity contribution >= 4 is 11.6 Å². The van der Waals surface area contributed by atoms with Gasteiger partial charge in [-0.25, -0.2) is 8.78 Å². The van der Waals surface area contributed by atoms with Crippen molar-refractivity contribution in [1.29, 1.82) is 0 Å². The average Bonchev–Trinajstić information content (AvgIpc) is 2.15. The van der Waals surface area contributed by atoms with Crippen LogP contribution in [0.3, 0.4) is 0 Å². The fourth-order valence-corrected chi connectivity index (χ4v) is 1.58. The second-order valence-corrected chi connectivity index (χ2v) is 5.60. The Labute approximate surface area is 101 Å². The Hall–Kier alpha value is -0.630. The fraction of sp³-hybridized carbons (Fsp3) is 0.538. The molecule has 1 unspecified atom stereocenters. The summed E-state index contributed by atoms with van der Waals surface area (Å²) in [6.07, 6.45) is 0.910. The smallest absolute Gasteiger partial charge is 0.129 e. The van der Waals surface area contributed by atoms with Gasteiger partial charge in [-0.15, -0.1) is 11.6 Å². The minimum absolute atomic E-state index is 0.0523. The minimum atomic E-state index is -0.488. The summed E-state index contributed by atoms with van der Waals surface area (Å²) in [6.45, 7) is 6.05. The maximum absolute atomic E-state index is 13.3. The maximum atomic E-state index is 13.3. The minimum Gasteiger partial charge on any atom is -0.207 e. The lowest BCUT2D eigenvalue weighted by atomic mass is 9.88. The Morgan fingerprint density at radius 3 is 2.12 bits per heavy atom. The second kappa shape index (κ2) is 5.13. The van der Waals surface area contributed by atoms with E-state index in [1.807, 2.05) is 20.8 Å². The SMILES string of the molecule is CC(C)(C)C(Cl)CCc1c(F)cccc1F. The molecule has 0 saturated heterocycles. The van der Waals surface area contributed by atoms with Crippen LogP contribution in [0.5, 0.6) is 0 Å². The van der Waals surface area contributed by atoms with Gasteiger partial charge in [0.1, 0.15) is 11.6 Å². The summed E-state index contributed by atoms with van der Waals surface area (Å²) < 4.78 is 26.6. The van der Waals surface area contributed by atoms with Crippen molar-refractivity contribution in [2.75, 3.05) is 0 Å². The standard InChI is InChI=1S/C13H17ClF2/c1-13(2,3)12(14)8-7-9-10(15)5-4-6-11(9)16/h4-6,12H,7-8H2,1-3H3. The highest BCUT2D eigenvalue weighted by Gasteiger charge is 2.22. The van der Waals surface area contributed by atoms with Crippen LogP contribution >= 0.6 is 11.6 Å². The van der Waals surface area contributed by atoms with Gasteiger partial charge in [0.25, 0.3) is 0 Å². The van der Waals surface area contributed by atoms with Gasteiger partial charge in [-0.2, -0.15) is 0 Å². The number of benzene rings is 1. The molecule has 90 valence electrons. The van der Waals surface area contributed by atoms with Gasteiger partial charge in [-0.1, -0.05) is 26.8 Å². The van der Waals surface area contributed by atoms with E-state index in [9.17, 15) is 8.78 Å². The molecule has 1 aromatic rings. The highest BCUT2D eigenvalue weighted by atomic mass is 35.5. The molecule has 0 radical (unpaired) electrons. The third kappa shape index (κ3) is 3.44. The van der Waals surface area contributed by atoms with Gasteiger partial charge in [0.05, 0.1) is 0 Å². The summed E-state index contributed by atoms with van der Waals surface area (Å²) in [4.78, 5) is 0. The highest BCUT2D eigenvalue weighted by Crippen LogP contribution is 2.28. The normalized spacial score (nSPS) is 13.9. The van der Waals surface area contributed by atoms with Crippen LogP contribution < -0.4 is 0 Å². The quantitative estimate of drug-likeness (QED) is 0.687. The lowest BCUT2D eigenvalue weighted by Gasteiger charge is -2.25. The Morgan fingerprint density at radius 1 is 1.19 bits per heavy atom. The van der Waals surface area contributed by atoms with Gasteiger partial charge < -0.3 is 0 Å². The van der Waals surface area contributed by atoms with E-state index in [0.29, 0.717) is 12.8 Å². The fourth-order valence-electron chi connectivity index (χ4n) is 1.48. The summed E-state index contributed by atoms with van der Waals surface area (Å²) in [5.41, 5.74) is 0.0842. The van der Waals surface area contributed by atoms with Crippen LogP contribution in [0.25, 0.3) is 0 Å². The van der Waals surface area contributed by atoms with Crippen LogP contribution in [0.2, 0.25) is 0 Å². The molecule has 0 aromatic heterocycles. The van der Waals surface area contributed by atoms with E-state index in [-0.39, 0.29) is 16.4 Å². The zero-order chi connectivity index (χ0) is 12.3. The van der Waals surface area contributed by atoms with E-state index in [0.717, 1.165) is 0 Å². The summed E-state index contributed by atoms with van der Waals surface area (Å²) in [5.74, 6) is -0.976. The molecule has 0 amide bonds. The molecule has 0 N–H and O–H groups in total. The summed E-state index contributed by atoms with van der Waals surface area (Å²) >= 11 is 6.17. The van der Waals surface area contributed by atoms with Crippen LogP contribution in [0.1, 0.15) is 32.8 Å². The zero-order valence-electron chi connectivity index (χ0n) is 9.86. The predicted molar refractivity (Wildman–Crippen MR) is 63.8 cm³/mol. The molecule has 0 nitrogen and oxygen atoms in total. The van der Waals surface area contributed by atoms with Gasteiger partial charge >= 0.3 is 0 Å². The van der Waals surface area contributed by atoms with E-state index < -0.39 is 11.6 Å². The molecule has 0 bridgehead atoms. The summed E-state index contributed by atoms with van der Waals surface area (Å²) in [7, 11) is 0. The van der Waals surface area contributed by atoms with Crippen molar-refractivity contribution in [1.82, 2.24) is 0 Å². The summed E-state index contributed by atoms with van der Waals surface area (Å²) in [5, 5.41) is -0.0912. The van der Waals surface area contributed by atoms with Crippen LogP contribution in [-0.4, -0.2) is 5.38 Å². The van der Waals surface area contributed by atoms with Crippen molar-refractivity contribution in [2.24, 2.45) is 5.41 Å². The lowest BCUT2D eigenvalue weighted by Crippen LogP contribution is -2.21. The van der Waals surface area contributed by atoms with Gasteiger partial charge in [0, 0.05) is 10.9 Å². The van der Waals surface area contributed by atoms with Crippen molar-refractivity contribution in [3.8, 4) is 0 Å². The van der Waals surface area contributed by atoms with Crippen molar-refractivity contribution in [2.45, 2.75) is 39.0 Å². The number of hydrogen-bond donors (Lipinski definition) is 0. The molecule has 0 aliphatic heterocycles. The van der Waals surface area contributed by atoms with E-state index in [2.05, 4.69) is 0 Å². The monoisotopic (exact) mass is 246 g/mol. The average molecular weight is 247 g/mol. The molecule has 0 saturated carbocycles. The van der Waals surface area contributed by atoms with Crippen LogP contribution in [0, 0.1) is 17.0 Å². The molecule has 0 heterocycles. The van der Waals surface area contributed by atoms with Crippen LogP contribution in [0.15, 0.2) is 18.2 Å². The number of halogens is 3. The molecule has 1 aromatic carbocycles. The molecule has 0 aliphatic carbocycles. The number of rotatable bonds is 3. The number of alkyl halides is 1. The first-order chi connectivity index (χ1) is 7.32. The maximum Gasteiger partial charge on any atom is 0.129 e. The van der Waals surface area contributed by atoms with Crippen LogP contribution in [0.4, 0.5) is 8.78 Å². The van der Waals surface area contributed by atoms with Crippen LogP contribution in [-0.2, 0) is 6.42 Å². The van der Waals surface area contributed by atoms with E-state index >= 15 is 0 Å². The molecule has 0 fully saturated rings. The molecule has 0 spiro atoms. The molecule has 1 atom stereocenters. The lowest BCUT2D eigenvalue weighted by molar-refractivity contribution is 0.371. The van der Waals surface area contributed by atoms with Gasteiger partial charge in [0.15, 0.2) is 0 Å². The van der Waals surface area contributed by atoms with Crippen molar-refractivity contribution in [3.63, 3.8) is 0 Å². The molecule has 16 heavy (non-hydrogen) atoms. The summed E-state index contributed by atoms with van der Waals surface area (Å²) in [6, 6.07) is 3.92. The Morgan fingerprint density at radius 2 is 1.69 bits per heavy atom. The van der Waals surface area contributed by atoms with E-state index in [1.165, 1.54) is 18.2 Å². The van der Waals surface area contributed by atoms with E-state index in [1.54, 1.807) is 0 Å². The molecule has 3 heteroatoms. The predicted octanol–water partition coefficient (Wildman–Crippen LogP) is 4.55. The number of hydrogen-bond acceptors (Lipinski definition) is 0. The third-order valence-electron chi connectivity index (χ3n) is 2.65. The topological polar surface area (TPSA) is 0 Å². The Bertz CT molecular complexity index is 335. The van der Waals surface area contributed by atoms with Gasteiger partial charge in [-0.05, 0) is 30.4 Å². The van der Waals surface area contributed by atoms with E-state index in [4.69, 9.17) is 11.6 Å². The third-order valence-corrected chi connectivity index (χ3v) is 3.52. The zero-order valence-corrected chi connectivity index (χ0v) is 10.6. The largest absolute Gasteiger partial charge is 0.207 e. The second-order valence-electron chi connectivity index (χ2n) is 5.07. The molecular weight excluding hydrogens is 230 g/mol. The van der Waals surface area contributed by atoms with Gasteiger partial charge in [0.2, 0.25) is 0 Å².